The number of nitrogens with zero attached hydrogens (tertiary/aromatic N) is 3. The van der Waals surface area contributed by atoms with Gasteiger partial charge in [0.25, 0.3) is 0 Å². The molecule has 0 aromatic carbocycles. The molecule has 1 fully saturated rings. The van der Waals surface area contributed by atoms with E-state index < -0.39 is 0 Å². The third kappa shape index (κ3) is 2.92. The highest BCUT2D eigenvalue weighted by atomic mass is 16.2. The second-order valence-corrected chi connectivity index (χ2v) is 5.73. The normalized spacial score (nSPS) is 21.4. The van der Waals surface area contributed by atoms with Gasteiger partial charge in [-0.3, -0.25) is 4.79 Å². The molecule has 0 aliphatic carbocycles. The molecule has 0 radical (unpaired) electrons. The predicted molar refractivity (Wildman–Crippen MR) is 82.8 cm³/mol. The maximum Gasteiger partial charge on any atom is 0.227 e. The summed E-state index contributed by atoms with van der Waals surface area (Å²) in [5.74, 6) is 7.17. The largest absolute Gasteiger partial charge is 0.359 e. The maximum atomic E-state index is 12.0. The molecule has 1 atom stereocenters. The van der Waals surface area contributed by atoms with Crippen molar-refractivity contribution in [2.24, 2.45) is 11.3 Å². The fourth-order valence-corrected chi connectivity index (χ4v) is 2.91. The Labute approximate surface area is 125 Å². The minimum Gasteiger partial charge on any atom is -0.359 e. The molecule has 2 rings (SSSR count). The minimum absolute atomic E-state index is 0.0771. The van der Waals surface area contributed by atoms with Crippen LogP contribution < -0.4 is 21.5 Å². The van der Waals surface area contributed by atoms with Crippen molar-refractivity contribution >= 4 is 17.5 Å². The number of carbonyl (C=O) groups excluding carboxylic acids is 1. The summed E-state index contributed by atoms with van der Waals surface area (Å²) in [4.78, 5) is 22.8. The maximum absolute atomic E-state index is 12.0. The fraction of sp³-hybridized carbons (Fsp3) is 0.643. The molecule has 7 nitrogen and oxygen atoms in total. The molecule has 2 heterocycles. The summed E-state index contributed by atoms with van der Waals surface area (Å²) in [6, 6.07) is 0. The Hall–Kier alpha value is -1.89. The summed E-state index contributed by atoms with van der Waals surface area (Å²) in [6.07, 6.45) is 4.16. The van der Waals surface area contributed by atoms with Gasteiger partial charge in [0.1, 0.15) is 18.0 Å². The Kier molecular flexibility index (Phi) is 4.62. The number of hydrazine groups is 1. The van der Waals surface area contributed by atoms with Crippen molar-refractivity contribution in [2.75, 3.05) is 30.5 Å². The molecule has 1 aromatic rings. The number of carbonyl (C=O) groups is 1. The zero-order chi connectivity index (χ0) is 15.5. The van der Waals surface area contributed by atoms with Gasteiger partial charge in [-0.05, 0) is 19.8 Å². The van der Waals surface area contributed by atoms with E-state index in [1.54, 1.807) is 7.05 Å². The summed E-state index contributed by atoms with van der Waals surface area (Å²) in [6.45, 7) is 5.57. The van der Waals surface area contributed by atoms with E-state index in [-0.39, 0.29) is 11.3 Å². The van der Waals surface area contributed by atoms with Crippen LogP contribution in [-0.2, 0) is 11.2 Å². The van der Waals surface area contributed by atoms with Crippen molar-refractivity contribution < 1.29 is 4.79 Å². The van der Waals surface area contributed by atoms with Crippen molar-refractivity contribution in [1.29, 1.82) is 0 Å². The predicted octanol–water partition coefficient (Wildman–Crippen LogP) is 0.677. The Morgan fingerprint density at radius 1 is 1.52 bits per heavy atom. The third-order valence-corrected chi connectivity index (χ3v) is 4.11. The summed E-state index contributed by atoms with van der Waals surface area (Å²) in [7, 11) is 1.68. The summed E-state index contributed by atoms with van der Waals surface area (Å²) >= 11 is 0. The van der Waals surface area contributed by atoms with E-state index in [1.807, 2.05) is 6.92 Å². The van der Waals surface area contributed by atoms with Crippen LogP contribution in [0.4, 0.5) is 11.6 Å². The van der Waals surface area contributed by atoms with Gasteiger partial charge in [0, 0.05) is 25.7 Å². The highest BCUT2D eigenvalue weighted by molar-refractivity contribution is 5.83. The molecule has 0 spiro atoms. The van der Waals surface area contributed by atoms with Gasteiger partial charge in [-0.15, -0.1) is 0 Å². The monoisotopic (exact) mass is 292 g/mol. The zero-order valence-electron chi connectivity index (χ0n) is 12.9. The molecule has 116 valence electrons. The van der Waals surface area contributed by atoms with E-state index >= 15 is 0 Å². The molecule has 0 bridgehead atoms. The Bertz CT molecular complexity index is 520. The standard InChI is InChI=1S/C14H24N6O/c1-4-5-10-11(19-15)17-9-18-12(10)20-7-6-14(2,8-20)13(21)16-3/h9H,4-8,15H2,1-3H3,(H,16,21)(H,17,18,19). The van der Waals surface area contributed by atoms with Crippen LogP contribution in [0.1, 0.15) is 32.3 Å². The van der Waals surface area contributed by atoms with Crippen LogP contribution in [0, 0.1) is 5.41 Å². The van der Waals surface area contributed by atoms with Gasteiger partial charge in [0.15, 0.2) is 0 Å². The van der Waals surface area contributed by atoms with Crippen molar-refractivity contribution in [1.82, 2.24) is 15.3 Å². The highest BCUT2D eigenvalue weighted by Crippen LogP contribution is 2.35. The van der Waals surface area contributed by atoms with E-state index in [0.29, 0.717) is 12.4 Å². The molecule has 1 saturated heterocycles. The average molecular weight is 292 g/mol. The minimum atomic E-state index is -0.376. The summed E-state index contributed by atoms with van der Waals surface area (Å²) < 4.78 is 0. The van der Waals surface area contributed by atoms with Gasteiger partial charge in [-0.25, -0.2) is 15.8 Å². The molecule has 21 heavy (non-hydrogen) atoms. The summed E-state index contributed by atoms with van der Waals surface area (Å²) in [5, 5.41) is 2.75. The lowest BCUT2D eigenvalue weighted by Gasteiger charge is -2.25. The van der Waals surface area contributed by atoms with Crippen LogP contribution in [0.3, 0.4) is 0 Å². The van der Waals surface area contributed by atoms with Crippen LogP contribution in [0.5, 0.6) is 0 Å². The number of rotatable bonds is 5. The first-order chi connectivity index (χ1) is 10.1. The molecular weight excluding hydrogens is 268 g/mol. The Morgan fingerprint density at radius 2 is 2.29 bits per heavy atom. The third-order valence-electron chi connectivity index (χ3n) is 4.11. The van der Waals surface area contributed by atoms with E-state index in [1.165, 1.54) is 6.33 Å². The van der Waals surface area contributed by atoms with E-state index in [2.05, 4.69) is 32.5 Å². The van der Waals surface area contributed by atoms with Crippen molar-refractivity contribution in [3.8, 4) is 0 Å². The molecule has 0 saturated carbocycles. The number of anilines is 2. The van der Waals surface area contributed by atoms with E-state index in [9.17, 15) is 4.79 Å². The van der Waals surface area contributed by atoms with Crippen LogP contribution in [0.15, 0.2) is 6.33 Å². The lowest BCUT2D eigenvalue weighted by atomic mass is 9.89. The number of nitrogens with two attached hydrogens (primary N) is 1. The van der Waals surface area contributed by atoms with Gasteiger partial charge in [0.05, 0.1) is 5.41 Å². The zero-order valence-corrected chi connectivity index (χ0v) is 12.9. The second-order valence-electron chi connectivity index (χ2n) is 5.73. The lowest BCUT2D eigenvalue weighted by molar-refractivity contribution is -0.128. The molecule has 4 N–H and O–H groups in total. The van der Waals surface area contributed by atoms with Crippen LogP contribution in [-0.4, -0.2) is 36.0 Å². The Morgan fingerprint density at radius 3 is 2.90 bits per heavy atom. The SMILES string of the molecule is CCCc1c(NN)ncnc1N1CCC(C)(C(=O)NC)C1. The number of amides is 1. The van der Waals surface area contributed by atoms with E-state index in [0.717, 1.165) is 37.2 Å². The van der Waals surface area contributed by atoms with Crippen LogP contribution in [0.2, 0.25) is 0 Å². The lowest BCUT2D eigenvalue weighted by Crippen LogP contribution is -2.39. The quantitative estimate of drug-likeness (QED) is 0.545. The molecule has 1 amide bonds. The average Bonchev–Trinajstić information content (AvgIpc) is 2.90. The van der Waals surface area contributed by atoms with Gasteiger partial charge in [-0.2, -0.15) is 0 Å². The van der Waals surface area contributed by atoms with Gasteiger partial charge < -0.3 is 15.6 Å². The first kappa shape index (κ1) is 15.5. The second kappa shape index (κ2) is 6.26. The number of hydrogen-bond donors (Lipinski definition) is 3. The van der Waals surface area contributed by atoms with E-state index in [4.69, 9.17) is 5.84 Å². The highest BCUT2D eigenvalue weighted by Gasteiger charge is 2.40. The molecule has 1 aromatic heterocycles. The number of aromatic nitrogens is 2. The van der Waals surface area contributed by atoms with Crippen molar-refractivity contribution in [3.05, 3.63) is 11.9 Å². The van der Waals surface area contributed by atoms with Crippen LogP contribution in [0.25, 0.3) is 0 Å². The first-order valence-electron chi connectivity index (χ1n) is 7.33. The summed E-state index contributed by atoms with van der Waals surface area (Å²) in [5.41, 5.74) is 3.28. The van der Waals surface area contributed by atoms with Crippen LogP contribution >= 0.6 is 0 Å². The molecule has 1 aliphatic rings. The fourth-order valence-electron chi connectivity index (χ4n) is 2.91. The van der Waals surface area contributed by atoms with Crippen molar-refractivity contribution in [2.45, 2.75) is 33.1 Å². The van der Waals surface area contributed by atoms with Gasteiger partial charge in [0.2, 0.25) is 5.91 Å². The molecular formula is C14H24N6O. The topological polar surface area (TPSA) is 96.2 Å². The molecule has 7 heteroatoms. The Balaban J connectivity index is 2.29. The number of nitrogens with one attached hydrogen (secondary N) is 2. The van der Waals surface area contributed by atoms with Gasteiger partial charge >= 0.3 is 0 Å². The number of nitrogen functional groups attached to an aromatic ring is 1. The molecule has 1 aliphatic heterocycles. The molecule has 1 unspecified atom stereocenters. The smallest absolute Gasteiger partial charge is 0.227 e. The van der Waals surface area contributed by atoms with Crippen molar-refractivity contribution in [3.63, 3.8) is 0 Å². The number of hydrogen-bond acceptors (Lipinski definition) is 6. The van der Waals surface area contributed by atoms with Gasteiger partial charge in [-0.1, -0.05) is 13.3 Å². The first-order valence-corrected chi connectivity index (χ1v) is 7.33.